The maximum atomic E-state index is 10.7. The van der Waals surface area contributed by atoms with Crippen LogP contribution in [0.5, 0.6) is 0 Å². The molecule has 1 aromatic rings. The van der Waals surface area contributed by atoms with Crippen LogP contribution < -0.4 is 5.32 Å². The predicted molar refractivity (Wildman–Crippen MR) is 62.9 cm³/mol. The van der Waals surface area contributed by atoms with E-state index in [-0.39, 0.29) is 11.8 Å². The molecule has 0 aromatic carbocycles. The van der Waals surface area contributed by atoms with Gasteiger partial charge in [0, 0.05) is 11.8 Å². The van der Waals surface area contributed by atoms with Gasteiger partial charge in [0.2, 0.25) is 5.76 Å². The van der Waals surface area contributed by atoms with Crippen LogP contribution in [0.4, 0.5) is 0 Å². The Balaban J connectivity index is 1.96. The minimum absolute atomic E-state index is 0.00412. The van der Waals surface area contributed by atoms with Crippen molar-refractivity contribution < 1.29 is 14.3 Å². The summed E-state index contributed by atoms with van der Waals surface area (Å²) in [6.07, 6.45) is 1.17. The molecule has 2 atom stereocenters. The van der Waals surface area contributed by atoms with Crippen molar-refractivity contribution in [1.82, 2.24) is 5.32 Å². The van der Waals surface area contributed by atoms with Gasteiger partial charge in [-0.1, -0.05) is 0 Å². The third kappa shape index (κ3) is 2.59. The highest BCUT2D eigenvalue weighted by Crippen LogP contribution is 2.22. The lowest BCUT2D eigenvalue weighted by Crippen LogP contribution is -2.30. The van der Waals surface area contributed by atoms with E-state index in [1.165, 1.54) is 18.2 Å². The van der Waals surface area contributed by atoms with Crippen LogP contribution >= 0.6 is 11.8 Å². The average molecular weight is 241 g/mol. The number of rotatable bonds is 4. The number of hydrogen-bond donors (Lipinski definition) is 2. The van der Waals surface area contributed by atoms with Gasteiger partial charge in [0.25, 0.3) is 0 Å². The third-order valence-corrected chi connectivity index (χ3v) is 3.84. The minimum Gasteiger partial charge on any atom is -0.475 e. The van der Waals surface area contributed by atoms with Crippen molar-refractivity contribution in [1.29, 1.82) is 0 Å². The van der Waals surface area contributed by atoms with Crippen LogP contribution in [0.25, 0.3) is 0 Å². The van der Waals surface area contributed by atoms with Crippen molar-refractivity contribution in [3.05, 3.63) is 23.7 Å². The molecule has 1 saturated heterocycles. The Morgan fingerprint density at radius 1 is 1.69 bits per heavy atom. The molecule has 0 aliphatic carbocycles. The highest BCUT2D eigenvalue weighted by atomic mass is 32.2. The van der Waals surface area contributed by atoms with Crippen molar-refractivity contribution in [3.63, 3.8) is 0 Å². The van der Waals surface area contributed by atoms with Gasteiger partial charge in [0.1, 0.15) is 5.76 Å². The third-order valence-electron chi connectivity index (χ3n) is 2.68. The molecule has 1 fully saturated rings. The molecule has 1 aliphatic rings. The summed E-state index contributed by atoms with van der Waals surface area (Å²) in [5.74, 6) is 1.99. The van der Waals surface area contributed by atoms with Gasteiger partial charge < -0.3 is 14.8 Å². The number of aromatic carboxylic acids is 1. The lowest BCUT2D eigenvalue weighted by molar-refractivity contribution is 0.0659. The Kier molecular flexibility index (Phi) is 3.56. The normalized spacial score (nSPS) is 22.2. The zero-order valence-electron chi connectivity index (χ0n) is 9.10. The quantitative estimate of drug-likeness (QED) is 0.845. The second-order valence-electron chi connectivity index (χ2n) is 3.96. The molecule has 5 heteroatoms. The molecule has 1 aromatic heterocycles. The first-order valence-electron chi connectivity index (χ1n) is 5.33. The van der Waals surface area contributed by atoms with E-state index in [1.54, 1.807) is 6.07 Å². The van der Waals surface area contributed by atoms with E-state index in [9.17, 15) is 4.79 Å². The molecular weight excluding hydrogens is 226 g/mol. The summed E-state index contributed by atoms with van der Waals surface area (Å²) < 4.78 is 5.25. The number of thioether (sulfide) groups is 1. The zero-order valence-corrected chi connectivity index (χ0v) is 9.92. The molecule has 16 heavy (non-hydrogen) atoms. The molecule has 1 aliphatic heterocycles. The molecule has 0 spiro atoms. The van der Waals surface area contributed by atoms with Gasteiger partial charge in [0.05, 0.1) is 6.04 Å². The highest BCUT2D eigenvalue weighted by molar-refractivity contribution is 7.99. The number of carbonyl (C=O) groups is 1. The van der Waals surface area contributed by atoms with Crippen molar-refractivity contribution in [2.45, 2.75) is 25.4 Å². The molecule has 0 radical (unpaired) electrons. The molecule has 2 heterocycles. The van der Waals surface area contributed by atoms with Gasteiger partial charge in [-0.2, -0.15) is 11.8 Å². The number of nitrogens with one attached hydrogen (secondary N) is 1. The Morgan fingerprint density at radius 3 is 3.06 bits per heavy atom. The molecule has 2 N–H and O–H groups in total. The predicted octanol–water partition coefficient (Wildman–Crippen LogP) is 2.13. The second kappa shape index (κ2) is 4.93. The van der Waals surface area contributed by atoms with Gasteiger partial charge >= 0.3 is 5.97 Å². The van der Waals surface area contributed by atoms with Crippen LogP contribution in [0.1, 0.15) is 35.7 Å². The monoisotopic (exact) mass is 241 g/mol. The van der Waals surface area contributed by atoms with Gasteiger partial charge in [-0.15, -0.1) is 0 Å². The van der Waals surface area contributed by atoms with Crippen molar-refractivity contribution >= 4 is 17.7 Å². The van der Waals surface area contributed by atoms with E-state index < -0.39 is 5.97 Å². The summed E-state index contributed by atoms with van der Waals surface area (Å²) in [6, 6.07) is 3.80. The number of hydrogen-bond acceptors (Lipinski definition) is 4. The highest BCUT2D eigenvalue weighted by Gasteiger charge is 2.20. The molecule has 0 bridgehead atoms. The number of carboxylic acids is 1. The number of furan rings is 1. The average Bonchev–Trinajstić information content (AvgIpc) is 2.86. The van der Waals surface area contributed by atoms with E-state index in [2.05, 4.69) is 5.32 Å². The molecule has 4 nitrogen and oxygen atoms in total. The first-order chi connectivity index (χ1) is 7.66. The molecular formula is C11H15NO3S. The van der Waals surface area contributed by atoms with E-state index in [0.29, 0.717) is 11.8 Å². The van der Waals surface area contributed by atoms with Crippen LogP contribution in [0.15, 0.2) is 16.5 Å². The molecule has 88 valence electrons. The standard InChI is InChI=1S/C11H15NO3S/c1-7(12-8-4-5-16-6-8)9-2-3-10(15-9)11(13)14/h2-3,7-8,12H,4-6H2,1H3,(H,13,14). The Morgan fingerprint density at radius 2 is 2.50 bits per heavy atom. The zero-order chi connectivity index (χ0) is 11.5. The smallest absolute Gasteiger partial charge is 0.371 e. The minimum atomic E-state index is -1.02. The second-order valence-corrected chi connectivity index (χ2v) is 5.11. The molecule has 0 amide bonds. The Labute approximate surface area is 98.4 Å². The topological polar surface area (TPSA) is 62.5 Å². The summed E-state index contributed by atoms with van der Waals surface area (Å²) in [5.41, 5.74) is 0. The van der Waals surface area contributed by atoms with Crippen molar-refractivity contribution in [2.24, 2.45) is 0 Å². The summed E-state index contributed by atoms with van der Waals surface area (Å²) in [4.78, 5) is 10.7. The van der Waals surface area contributed by atoms with Crippen molar-refractivity contribution in [3.8, 4) is 0 Å². The van der Waals surface area contributed by atoms with Crippen LogP contribution in [-0.2, 0) is 0 Å². The molecule has 0 saturated carbocycles. The number of carboxylic acid groups (broad SMARTS) is 1. The fourth-order valence-electron chi connectivity index (χ4n) is 1.80. The first kappa shape index (κ1) is 11.5. The largest absolute Gasteiger partial charge is 0.475 e. The summed E-state index contributed by atoms with van der Waals surface area (Å²) in [5, 5.41) is 12.2. The van der Waals surface area contributed by atoms with E-state index >= 15 is 0 Å². The molecule has 2 unspecified atom stereocenters. The SMILES string of the molecule is CC(NC1CCSC1)c1ccc(C(=O)O)o1. The van der Waals surface area contributed by atoms with Gasteiger partial charge in [-0.3, -0.25) is 0 Å². The van der Waals surface area contributed by atoms with E-state index in [0.717, 1.165) is 5.75 Å². The lowest BCUT2D eigenvalue weighted by atomic mass is 10.2. The maximum Gasteiger partial charge on any atom is 0.371 e. The van der Waals surface area contributed by atoms with E-state index in [1.807, 2.05) is 18.7 Å². The summed E-state index contributed by atoms with van der Waals surface area (Å²) in [7, 11) is 0. The van der Waals surface area contributed by atoms with Crippen molar-refractivity contribution in [2.75, 3.05) is 11.5 Å². The van der Waals surface area contributed by atoms with Gasteiger partial charge in [-0.05, 0) is 31.2 Å². The fourth-order valence-corrected chi connectivity index (χ4v) is 2.97. The van der Waals surface area contributed by atoms with Crippen LogP contribution in [-0.4, -0.2) is 28.6 Å². The van der Waals surface area contributed by atoms with Crippen LogP contribution in [0.2, 0.25) is 0 Å². The van der Waals surface area contributed by atoms with Gasteiger partial charge in [0.15, 0.2) is 0 Å². The van der Waals surface area contributed by atoms with E-state index in [4.69, 9.17) is 9.52 Å². The molecule has 2 rings (SSSR count). The Bertz CT molecular complexity index is 371. The lowest BCUT2D eigenvalue weighted by Gasteiger charge is -2.16. The summed E-state index contributed by atoms with van der Waals surface area (Å²) >= 11 is 1.94. The first-order valence-corrected chi connectivity index (χ1v) is 6.49. The maximum absolute atomic E-state index is 10.7. The fraction of sp³-hybridized carbons (Fsp3) is 0.545. The Hall–Kier alpha value is -0.940. The van der Waals surface area contributed by atoms with Gasteiger partial charge in [-0.25, -0.2) is 4.79 Å². The summed E-state index contributed by atoms with van der Waals surface area (Å²) in [6.45, 7) is 1.99. The van der Waals surface area contributed by atoms with Crippen LogP contribution in [0.3, 0.4) is 0 Å². The van der Waals surface area contributed by atoms with Crippen LogP contribution in [0, 0.1) is 0 Å².